The molecular weight excluding hydrogens is 753 g/mol. The number of aliphatic hydroxyl groups excluding tert-OH is 1. The summed E-state index contributed by atoms with van der Waals surface area (Å²) in [6, 6.07) is 60.6. The molecule has 0 amide bonds. The average Bonchev–Trinajstić information content (AvgIpc) is 3.30. The number of hydrogen-bond donors (Lipinski definition) is 2. The number of nitro groups is 1. The van der Waals surface area contributed by atoms with Gasteiger partial charge in [0.2, 0.25) is 0 Å². The summed E-state index contributed by atoms with van der Waals surface area (Å²) in [4.78, 5) is 11.5. The van der Waals surface area contributed by atoms with Crippen LogP contribution in [0, 0.1) is 10.1 Å². The Bertz CT molecular complexity index is 2260. The molecule has 0 saturated heterocycles. The maximum absolute atomic E-state index is 12.0. The third-order valence-corrected chi connectivity index (χ3v) is 10.1. The molecule has 60 heavy (non-hydrogen) atoms. The van der Waals surface area contributed by atoms with Gasteiger partial charge < -0.3 is 29.4 Å². The maximum Gasteiger partial charge on any atom is 0.314 e. The van der Waals surface area contributed by atoms with Crippen molar-refractivity contribution in [2.24, 2.45) is 0 Å². The van der Waals surface area contributed by atoms with Crippen LogP contribution in [0.5, 0.6) is 23.0 Å². The van der Waals surface area contributed by atoms with Crippen molar-refractivity contribution >= 4 is 5.69 Å². The zero-order chi connectivity index (χ0) is 41.4. The van der Waals surface area contributed by atoms with E-state index in [0.717, 1.165) is 44.9 Å². The molecule has 0 bridgehead atoms. The van der Waals surface area contributed by atoms with Crippen molar-refractivity contribution in [2.75, 3.05) is 13.2 Å². The molecule has 0 fully saturated rings. The van der Waals surface area contributed by atoms with Crippen LogP contribution >= 0.6 is 0 Å². The smallest absolute Gasteiger partial charge is 0.314 e. The van der Waals surface area contributed by atoms with Crippen molar-refractivity contribution in [1.29, 1.82) is 0 Å². The lowest BCUT2D eigenvalue weighted by Crippen LogP contribution is -2.43. The van der Waals surface area contributed by atoms with Gasteiger partial charge in [-0.2, -0.15) is 0 Å². The predicted octanol–water partition coefficient (Wildman–Crippen LogP) is 10.1. The monoisotopic (exact) mass is 800 g/mol. The number of nitrogens with zero attached hydrogens (tertiary/aromatic N) is 1. The lowest BCUT2D eigenvalue weighted by atomic mass is 9.82. The van der Waals surface area contributed by atoms with Gasteiger partial charge in [0.25, 0.3) is 0 Å². The van der Waals surface area contributed by atoms with Crippen LogP contribution in [0.2, 0.25) is 0 Å². The summed E-state index contributed by atoms with van der Waals surface area (Å²) in [5, 5.41) is 26.9. The molecule has 2 atom stereocenters. The van der Waals surface area contributed by atoms with E-state index in [-0.39, 0.29) is 48.9 Å². The van der Waals surface area contributed by atoms with Gasteiger partial charge in [-0.1, -0.05) is 146 Å². The highest BCUT2D eigenvalue weighted by Gasteiger charge is 2.27. The minimum atomic E-state index is -0.931. The second-order valence-electron chi connectivity index (χ2n) is 14.5. The Morgan fingerprint density at radius 1 is 0.517 bits per heavy atom. The van der Waals surface area contributed by atoms with Crippen LogP contribution in [0.4, 0.5) is 5.69 Å². The molecule has 0 saturated carbocycles. The predicted molar refractivity (Wildman–Crippen MR) is 234 cm³/mol. The number of nitrogens with one attached hydrogen (secondary N) is 1. The third-order valence-electron chi connectivity index (χ3n) is 10.1. The van der Waals surface area contributed by atoms with Gasteiger partial charge in [-0.05, 0) is 76.2 Å². The van der Waals surface area contributed by atoms with Gasteiger partial charge in [0, 0.05) is 18.5 Å². The highest BCUT2D eigenvalue weighted by molar-refractivity contribution is 5.51. The molecule has 0 radical (unpaired) electrons. The van der Waals surface area contributed by atoms with Crippen LogP contribution in [0.3, 0.4) is 0 Å². The van der Waals surface area contributed by atoms with Crippen molar-refractivity contribution in [1.82, 2.24) is 5.32 Å². The van der Waals surface area contributed by atoms with Crippen molar-refractivity contribution in [3.63, 3.8) is 0 Å². The fourth-order valence-corrected chi connectivity index (χ4v) is 6.98. The molecule has 0 aliphatic carbocycles. The summed E-state index contributed by atoms with van der Waals surface area (Å²) in [5.74, 6) is 1.79. The van der Waals surface area contributed by atoms with E-state index in [4.69, 9.17) is 18.9 Å². The van der Waals surface area contributed by atoms with Gasteiger partial charge >= 0.3 is 5.69 Å². The van der Waals surface area contributed by atoms with Crippen LogP contribution in [-0.4, -0.2) is 35.3 Å². The largest absolute Gasteiger partial charge is 0.491 e. The molecule has 9 heteroatoms. The maximum atomic E-state index is 12.0. The summed E-state index contributed by atoms with van der Waals surface area (Å²) in [7, 11) is 0. The second-order valence-corrected chi connectivity index (χ2v) is 14.5. The summed E-state index contributed by atoms with van der Waals surface area (Å²) >= 11 is 0. The number of ether oxygens (including phenoxy) is 4. The van der Waals surface area contributed by atoms with E-state index >= 15 is 0 Å². The Morgan fingerprint density at radius 3 is 1.42 bits per heavy atom. The van der Waals surface area contributed by atoms with Gasteiger partial charge in [0.1, 0.15) is 49.8 Å². The first-order valence-electron chi connectivity index (χ1n) is 20.0. The van der Waals surface area contributed by atoms with Crippen molar-refractivity contribution < 1.29 is 29.0 Å². The fraction of sp³-hybridized carbons (Fsp3) is 0.176. The second kappa shape index (κ2) is 21.2. The zero-order valence-electron chi connectivity index (χ0n) is 33.2. The number of rotatable bonds is 21. The van der Waals surface area contributed by atoms with Gasteiger partial charge in [-0.25, -0.2) is 0 Å². The van der Waals surface area contributed by atoms with E-state index in [1.165, 1.54) is 12.1 Å². The average molecular weight is 801 g/mol. The van der Waals surface area contributed by atoms with Crippen LogP contribution in [0.25, 0.3) is 0 Å². The molecule has 0 heterocycles. The molecule has 0 aromatic heterocycles. The summed E-state index contributed by atoms with van der Waals surface area (Å²) < 4.78 is 24.0. The van der Waals surface area contributed by atoms with Gasteiger partial charge in [-0.3, -0.25) is 10.1 Å². The minimum Gasteiger partial charge on any atom is -0.491 e. The molecule has 7 rings (SSSR count). The number of aliphatic hydroxyl groups is 1. The summed E-state index contributed by atoms with van der Waals surface area (Å²) in [5.41, 5.74) is 6.14. The van der Waals surface area contributed by atoms with E-state index in [9.17, 15) is 15.2 Å². The first-order valence-corrected chi connectivity index (χ1v) is 20.0. The summed E-state index contributed by atoms with van der Waals surface area (Å²) in [6.45, 7) is 1.23. The Kier molecular flexibility index (Phi) is 14.6. The van der Waals surface area contributed by atoms with Gasteiger partial charge in [0.15, 0.2) is 5.75 Å². The van der Waals surface area contributed by atoms with E-state index in [2.05, 4.69) is 41.7 Å². The topological polar surface area (TPSA) is 112 Å². The zero-order valence-corrected chi connectivity index (χ0v) is 33.2. The molecule has 0 aliphatic heterocycles. The SMILES string of the molecule is O=[N+]([O-])c1cc(OC[C@@H](O)CNC(Cc2ccccc2)C(c2ccc(OCc3ccccc3)cc2)c2ccc(OCc3ccccc3)cc2)ccc1OCc1ccccc1. The molecular formula is C51H48N2O7. The first kappa shape index (κ1) is 41.2. The fourth-order valence-electron chi connectivity index (χ4n) is 6.98. The van der Waals surface area contributed by atoms with Crippen LogP contribution in [0.1, 0.15) is 39.3 Å². The molecule has 7 aromatic rings. The third kappa shape index (κ3) is 12.0. The lowest BCUT2D eigenvalue weighted by molar-refractivity contribution is -0.386. The van der Waals surface area contributed by atoms with Crippen LogP contribution in [0.15, 0.2) is 188 Å². The van der Waals surface area contributed by atoms with Crippen molar-refractivity contribution in [3.05, 3.63) is 232 Å². The molecule has 7 aromatic carbocycles. The Balaban J connectivity index is 1.08. The van der Waals surface area contributed by atoms with E-state index in [1.807, 2.05) is 133 Å². The highest BCUT2D eigenvalue weighted by Crippen LogP contribution is 2.34. The molecule has 1 unspecified atom stereocenters. The van der Waals surface area contributed by atoms with E-state index in [0.29, 0.717) is 19.6 Å². The van der Waals surface area contributed by atoms with Gasteiger partial charge in [0.05, 0.1) is 11.0 Å². The summed E-state index contributed by atoms with van der Waals surface area (Å²) in [6.07, 6.45) is -0.270. The molecule has 304 valence electrons. The van der Waals surface area contributed by atoms with E-state index in [1.54, 1.807) is 6.07 Å². The van der Waals surface area contributed by atoms with Gasteiger partial charge in [-0.15, -0.1) is 0 Å². The number of nitro benzene ring substituents is 1. The quantitative estimate of drug-likeness (QED) is 0.0546. The minimum absolute atomic E-state index is 0.0853. The van der Waals surface area contributed by atoms with Crippen molar-refractivity contribution in [2.45, 2.75) is 44.3 Å². The standard InChI is InChI=1S/C51H48N2O7/c54-44(37-59-47-29-30-50(49(32-47)53(55)56)60-36-41-19-11-4-12-20-41)33-52-48(31-38-13-5-1-6-14-38)51(42-21-25-45(26-22-42)57-34-39-15-7-2-8-16-39)43-23-27-46(28-24-43)58-35-40-17-9-3-10-18-40/h1-30,32,44,48,51-52,54H,31,33-37H2/t44-,48?/m0/s1. The molecule has 0 aliphatic rings. The highest BCUT2D eigenvalue weighted by atomic mass is 16.6. The molecule has 2 N–H and O–H groups in total. The normalized spacial score (nSPS) is 12.0. The lowest BCUT2D eigenvalue weighted by Gasteiger charge is -2.31. The van der Waals surface area contributed by atoms with Crippen LogP contribution in [-0.2, 0) is 26.2 Å². The number of hydrogen-bond acceptors (Lipinski definition) is 8. The van der Waals surface area contributed by atoms with E-state index < -0.39 is 11.0 Å². The Labute approximate surface area is 351 Å². The number of benzene rings is 7. The first-order chi connectivity index (χ1) is 29.5. The molecule has 0 spiro atoms. The Morgan fingerprint density at radius 2 is 0.950 bits per heavy atom. The van der Waals surface area contributed by atoms with Crippen molar-refractivity contribution in [3.8, 4) is 23.0 Å². The van der Waals surface area contributed by atoms with Crippen LogP contribution < -0.4 is 24.3 Å². The Hall–Kier alpha value is -6.94. The molecule has 9 nitrogen and oxygen atoms in total.